The molecule has 2 nitrogen and oxygen atoms in total. The molecule has 0 aliphatic carbocycles. The van der Waals surface area contributed by atoms with Gasteiger partial charge < -0.3 is 4.90 Å². The zero-order chi connectivity index (χ0) is 14.4. The fourth-order valence-electron chi connectivity index (χ4n) is 3.22. The first-order chi connectivity index (χ1) is 9.81. The summed E-state index contributed by atoms with van der Waals surface area (Å²) in [6.07, 6.45) is 5.41. The van der Waals surface area contributed by atoms with Crippen molar-refractivity contribution >= 4 is 0 Å². The van der Waals surface area contributed by atoms with E-state index >= 15 is 0 Å². The summed E-state index contributed by atoms with van der Waals surface area (Å²) >= 11 is 0. The van der Waals surface area contributed by atoms with Crippen molar-refractivity contribution in [3.8, 4) is 0 Å². The lowest BCUT2D eigenvalue weighted by Gasteiger charge is -2.28. The van der Waals surface area contributed by atoms with Crippen LogP contribution in [0.15, 0.2) is 18.2 Å². The number of nitrogens with zero attached hydrogens (tertiary/aromatic N) is 2. The molecule has 0 radical (unpaired) electrons. The number of rotatable bonds is 2. The van der Waals surface area contributed by atoms with Gasteiger partial charge in [0.1, 0.15) is 0 Å². The quantitative estimate of drug-likeness (QED) is 0.811. The van der Waals surface area contributed by atoms with Crippen LogP contribution in [-0.4, -0.2) is 36.5 Å². The lowest BCUT2D eigenvalue weighted by Crippen LogP contribution is -2.29. The molecule has 1 aromatic carbocycles. The van der Waals surface area contributed by atoms with Crippen molar-refractivity contribution in [3.05, 3.63) is 34.9 Å². The van der Waals surface area contributed by atoms with E-state index in [1.165, 1.54) is 56.4 Å². The summed E-state index contributed by atoms with van der Waals surface area (Å²) in [7, 11) is 2.21. The SMILES string of the molecule is CC.CN1CCc2cc(CN3CCCCC3)ccc2C1. The van der Waals surface area contributed by atoms with Crippen LogP contribution in [0.4, 0.5) is 0 Å². The molecule has 0 saturated carbocycles. The van der Waals surface area contributed by atoms with Crippen LogP contribution in [0, 0.1) is 0 Å². The molecule has 0 N–H and O–H groups in total. The summed E-state index contributed by atoms with van der Waals surface area (Å²) in [6, 6.07) is 7.15. The van der Waals surface area contributed by atoms with Gasteiger partial charge in [0.2, 0.25) is 0 Å². The third-order valence-corrected chi connectivity index (χ3v) is 4.33. The van der Waals surface area contributed by atoms with Gasteiger partial charge in [0.25, 0.3) is 0 Å². The zero-order valence-corrected chi connectivity index (χ0v) is 13.5. The molecule has 2 heteroatoms. The van der Waals surface area contributed by atoms with Crippen LogP contribution < -0.4 is 0 Å². The lowest BCUT2D eigenvalue weighted by molar-refractivity contribution is 0.220. The predicted octanol–water partition coefficient (Wildman–Crippen LogP) is 3.69. The van der Waals surface area contributed by atoms with Gasteiger partial charge in [0.15, 0.2) is 0 Å². The second-order valence-corrected chi connectivity index (χ2v) is 5.93. The second kappa shape index (κ2) is 7.80. The minimum absolute atomic E-state index is 1.12. The first-order valence-corrected chi connectivity index (χ1v) is 8.33. The summed E-state index contributed by atoms with van der Waals surface area (Å²) in [4.78, 5) is 5.02. The van der Waals surface area contributed by atoms with Crippen LogP contribution in [0.1, 0.15) is 49.8 Å². The summed E-state index contributed by atoms with van der Waals surface area (Å²) in [6.45, 7) is 10.1. The smallest absolute Gasteiger partial charge is 0.0233 e. The topological polar surface area (TPSA) is 6.48 Å². The van der Waals surface area contributed by atoms with Crippen LogP contribution in [0.5, 0.6) is 0 Å². The number of likely N-dealkylation sites (N-methyl/N-ethyl adjacent to an activating group) is 1. The molecule has 2 heterocycles. The first-order valence-electron chi connectivity index (χ1n) is 8.33. The predicted molar refractivity (Wildman–Crippen MR) is 87.0 cm³/mol. The highest BCUT2D eigenvalue weighted by Crippen LogP contribution is 2.21. The Labute approximate surface area is 124 Å². The molecule has 2 aliphatic rings. The Hall–Kier alpha value is -0.860. The van der Waals surface area contributed by atoms with E-state index in [2.05, 4.69) is 35.0 Å². The van der Waals surface area contributed by atoms with E-state index in [1.54, 1.807) is 5.56 Å². The van der Waals surface area contributed by atoms with E-state index in [0.29, 0.717) is 0 Å². The largest absolute Gasteiger partial charge is 0.302 e. The molecular weight excluding hydrogens is 244 g/mol. The second-order valence-electron chi connectivity index (χ2n) is 5.93. The molecule has 3 rings (SSSR count). The van der Waals surface area contributed by atoms with Crippen molar-refractivity contribution in [2.45, 2.75) is 52.6 Å². The maximum atomic E-state index is 2.61. The fourth-order valence-corrected chi connectivity index (χ4v) is 3.22. The molecule has 1 aromatic rings. The molecule has 0 bridgehead atoms. The van der Waals surface area contributed by atoms with Crippen molar-refractivity contribution in [1.29, 1.82) is 0 Å². The standard InChI is InChI=1S/C16H24N2.C2H6/c1-17-10-7-15-11-14(5-6-16(15)13-17)12-18-8-3-2-4-9-18;1-2/h5-6,11H,2-4,7-10,12-13H2,1H3;1-2H3. The van der Waals surface area contributed by atoms with Gasteiger partial charge in [-0.15, -0.1) is 0 Å². The van der Waals surface area contributed by atoms with Gasteiger partial charge in [-0.1, -0.05) is 38.5 Å². The van der Waals surface area contributed by atoms with Crippen LogP contribution in [0.25, 0.3) is 0 Å². The van der Waals surface area contributed by atoms with Crippen molar-refractivity contribution in [2.24, 2.45) is 0 Å². The lowest BCUT2D eigenvalue weighted by atomic mass is 9.97. The summed E-state index contributed by atoms with van der Waals surface area (Å²) in [5.74, 6) is 0. The number of benzene rings is 1. The van der Waals surface area contributed by atoms with Gasteiger partial charge in [-0.05, 0) is 56.1 Å². The maximum absolute atomic E-state index is 2.61. The number of hydrogen-bond acceptors (Lipinski definition) is 2. The normalized spacial score (nSPS) is 19.9. The first kappa shape index (κ1) is 15.5. The Balaban J connectivity index is 0.000000704. The average molecular weight is 274 g/mol. The number of likely N-dealkylation sites (tertiary alicyclic amines) is 1. The Morgan fingerprint density at radius 3 is 2.45 bits per heavy atom. The number of hydrogen-bond donors (Lipinski definition) is 0. The van der Waals surface area contributed by atoms with E-state index in [0.717, 1.165) is 13.1 Å². The minimum atomic E-state index is 1.12. The molecule has 0 amide bonds. The molecule has 2 aliphatic heterocycles. The molecule has 0 unspecified atom stereocenters. The van der Waals surface area contributed by atoms with Gasteiger partial charge in [-0.3, -0.25) is 4.90 Å². The Bertz CT molecular complexity index is 408. The Kier molecular flexibility index (Phi) is 6.06. The maximum Gasteiger partial charge on any atom is 0.0233 e. The van der Waals surface area contributed by atoms with Crippen LogP contribution in [0.2, 0.25) is 0 Å². The minimum Gasteiger partial charge on any atom is -0.302 e. The third-order valence-electron chi connectivity index (χ3n) is 4.33. The van der Waals surface area contributed by atoms with E-state index in [1.807, 2.05) is 13.8 Å². The molecule has 0 atom stereocenters. The Morgan fingerprint density at radius 1 is 0.950 bits per heavy atom. The van der Waals surface area contributed by atoms with Crippen molar-refractivity contribution in [1.82, 2.24) is 9.80 Å². The molecular formula is C18H30N2. The van der Waals surface area contributed by atoms with Crippen molar-refractivity contribution < 1.29 is 0 Å². The van der Waals surface area contributed by atoms with Gasteiger partial charge in [0.05, 0.1) is 0 Å². The summed E-state index contributed by atoms with van der Waals surface area (Å²) < 4.78 is 0. The van der Waals surface area contributed by atoms with Crippen molar-refractivity contribution in [2.75, 3.05) is 26.7 Å². The molecule has 1 fully saturated rings. The highest BCUT2D eigenvalue weighted by atomic mass is 15.1. The van der Waals surface area contributed by atoms with Gasteiger partial charge in [0, 0.05) is 19.6 Å². The van der Waals surface area contributed by atoms with E-state index < -0.39 is 0 Å². The Morgan fingerprint density at radius 2 is 1.70 bits per heavy atom. The molecule has 0 aromatic heterocycles. The molecule has 0 spiro atoms. The van der Waals surface area contributed by atoms with E-state index in [-0.39, 0.29) is 0 Å². The van der Waals surface area contributed by atoms with Gasteiger partial charge >= 0.3 is 0 Å². The van der Waals surface area contributed by atoms with E-state index in [4.69, 9.17) is 0 Å². The molecule has 112 valence electrons. The van der Waals surface area contributed by atoms with Crippen molar-refractivity contribution in [3.63, 3.8) is 0 Å². The van der Waals surface area contributed by atoms with Crippen LogP contribution in [0.3, 0.4) is 0 Å². The number of fused-ring (bicyclic) bond motifs is 1. The highest BCUT2D eigenvalue weighted by molar-refractivity contribution is 5.33. The third kappa shape index (κ3) is 4.07. The summed E-state index contributed by atoms with van der Waals surface area (Å²) in [5.41, 5.74) is 4.63. The average Bonchev–Trinajstić information content (AvgIpc) is 2.50. The van der Waals surface area contributed by atoms with E-state index in [9.17, 15) is 0 Å². The summed E-state index contributed by atoms with van der Waals surface area (Å²) in [5, 5.41) is 0. The fraction of sp³-hybridized carbons (Fsp3) is 0.667. The molecule has 20 heavy (non-hydrogen) atoms. The van der Waals surface area contributed by atoms with Crippen LogP contribution in [-0.2, 0) is 19.5 Å². The molecule has 1 saturated heterocycles. The van der Waals surface area contributed by atoms with Gasteiger partial charge in [-0.2, -0.15) is 0 Å². The van der Waals surface area contributed by atoms with Crippen LogP contribution >= 0.6 is 0 Å². The monoisotopic (exact) mass is 274 g/mol. The van der Waals surface area contributed by atoms with Gasteiger partial charge in [-0.25, -0.2) is 0 Å². The highest BCUT2D eigenvalue weighted by Gasteiger charge is 2.15. The zero-order valence-electron chi connectivity index (χ0n) is 13.5. The number of piperidine rings is 1.